The quantitative estimate of drug-likeness (QED) is 0.683. The number of likely N-dealkylation sites (tertiary alicyclic amines) is 1. The van der Waals surface area contributed by atoms with Crippen LogP contribution in [0.4, 0.5) is 10.1 Å². The van der Waals surface area contributed by atoms with Gasteiger partial charge in [-0.15, -0.1) is 12.4 Å². The Labute approximate surface area is 127 Å². The van der Waals surface area contributed by atoms with E-state index < -0.39 is 16.6 Å². The molecule has 1 atom stereocenters. The minimum atomic E-state index is -0.851. The standard InChI is InChI=1S/C13H16FN3O3.ClH/c1-15-9-3-2-6-16(8-9)13(18)11-5-4-10(17(19)20)7-12(11)14;/h4-5,7,9,15H,2-3,6,8H2,1H3;1H. The van der Waals surface area contributed by atoms with E-state index in [0.29, 0.717) is 13.1 Å². The van der Waals surface area contributed by atoms with E-state index in [0.717, 1.165) is 25.0 Å². The van der Waals surface area contributed by atoms with Crippen molar-refractivity contribution in [3.05, 3.63) is 39.7 Å². The largest absolute Gasteiger partial charge is 0.337 e. The lowest BCUT2D eigenvalue weighted by molar-refractivity contribution is -0.385. The van der Waals surface area contributed by atoms with Crippen LogP contribution in [0.15, 0.2) is 18.2 Å². The molecule has 1 heterocycles. The van der Waals surface area contributed by atoms with Gasteiger partial charge in [0.25, 0.3) is 11.6 Å². The van der Waals surface area contributed by atoms with Crippen LogP contribution in [-0.2, 0) is 0 Å². The smallest absolute Gasteiger partial charge is 0.272 e. The number of non-ortho nitro benzene ring substituents is 1. The first-order chi connectivity index (χ1) is 9.52. The Hall–Kier alpha value is -1.73. The predicted octanol–water partition coefficient (Wildman–Crippen LogP) is 1.98. The summed E-state index contributed by atoms with van der Waals surface area (Å²) >= 11 is 0. The van der Waals surface area contributed by atoms with Gasteiger partial charge in [-0.3, -0.25) is 14.9 Å². The molecule has 1 aromatic rings. The summed E-state index contributed by atoms with van der Waals surface area (Å²) in [6, 6.07) is 3.32. The van der Waals surface area contributed by atoms with Gasteiger partial charge in [0.2, 0.25) is 0 Å². The molecule has 116 valence electrons. The summed E-state index contributed by atoms with van der Waals surface area (Å²) in [6.07, 6.45) is 1.83. The minimum absolute atomic E-state index is 0. The molecule has 6 nitrogen and oxygen atoms in total. The van der Waals surface area contributed by atoms with Crippen molar-refractivity contribution >= 4 is 24.0 Å². The van der Waals surface area contributed by atoms with Gasteiger partial charge in [0.05, 0.1) is 16.6 Å². The Bertz CT molecular complexity index is 541. The molecule has 21 heavy (non-hydrogen) atoms. The number of hydrogen-bond donors (Lipinski definition) is 1. The zero-order valence-corrected chi connectivity index (χ0v) is 12.4. The normalized spacial score (nSPS) is 18.0. The molecule has 1 N–H and O–H groups in total. The summed E-state index contributed by atoms with van der Waals surface area (Å²) in [4.78, 5) is 23.7. The number of benzene rings is 1. The third-order valence-corrected chi connectivity index (χ3v) is 3.51. The molecule has 0 aliphatic carbocycles. The number of carbonyl (C=O) groups is 1. The second-order valence-electron chi connectivity index (χ2n) is 4.80. The third kappa shape index (κ3) is 3.89. The van der Waals surface area contributed by atoms with Crippen molar-refractivity contribution in [2.75, 3.05) is 20.1 Å². The van der Waals surface area contributed by atoms with Crippen LogP contribution in [0.5, 0.6) is 0 Å². The lowest BCUT2D eigenvalue weighted by Gasteiger charge is -2.32. The highest BCUT2D eigenvalue weighted by Gasteiger charge is 2.26. The van der Waals surface area contributed by atoms with Gasteiger partial charge in [-0.2, -0.15) is 0 Å². The number of nitro groups is 1. The van der Waals surface area contributed by atoms with Crippen LogP contribution in [0.25, 0.3) is 0 Å². The van der Waals surface area contributed by atoms with Crippen molar-refractivity contribution in [2.45, 2.75) is 18.9 Å². The molecule has 1 amide bonds. The van der Waals surface area contributed by atoms with Gasteiger partial charge in [0.15, 0.2) is 0 Å². The summed E-state index contributed by atoms with van der Waals surface area (Å²) in [5.41, 5.74) is -0.474. The van der Waals surface area contributed by atoms with Crippen molar-refractivity contribution in [3.63, 3.8) is 0 Å². The van der Waals surface area contributed by atoms with Crippen LogP contribution in [0.1, 0.15) is 23.2 Å². The first kappa shape index (κ1) is 17.3. The van der Waals surface area contributed by atoms with Gasteiger partial charge >= 0.3 is 0 Å². The van der Waals surface area contributed by atoms with E-state index in [1.807, 2.05) is 7.05 Å². The topological polar surface area (TPSA) is 75.5 Å². The average molecular weight is 318 g/mol. The lowest BCUT2D eigenvalue weighted by Crippen LogP contribution is -2.47. The van der Waals surface area contributed by atoms with Crippen LogP contribution in [0.2, 0.25) is 0 Å². The predicted molar refractivity (Wildman–Crippen MR) is 78.3 cm³/mol. The number of hydrogen-bond acceptors (Lipinski definition) is 4. The minimum Gasteiger partial charge on any atom is -0.337 e. The highest BCUT2D eigenvalue weighted by atomic mass is 35.5. The van der Waals surface area contributed by atoms with Crippen molar-refractivity contribution < 1.29 is 14.1 Å². The van der Waals surface area contributed by atoms with Crippen LogP contribution >= 0.6 is 12.4 Å². The number of piperidine rings is 1. The molecular weight excluding hydrogens is 301 g/mol. The second kappa shape index (κ2) is 7.33. The number of nitro benzene ring substituents is 1. The molecule has 1 fully saturated rings. The first-order valence-corrected chi connectivity index (χ1v) is 6.43. The molecular formula is C13H17ClFN3O3. The molecule has 1 aliphatic heterocycles. The molecule has 0 aromatic heterocycles. The average Bonchev–Trinajstić information content (AvgIpc) is 2.46. The molecule has 1 saturated heterocycles. The van der Waals surface area contributed by atoms with E-state index in [9.17, 15) is 19.3 Å². The Morgan fingerprint density at radius 3 is 2.81 bits per heavy atom. The summed E-state index contributed by atoms with van der Waals surface area (Å²) in [7, 11) is 1.82. The molecule has 8 heteroatoms. The summed E-state index contributed by atoms with van der Waals surface area (Å²) in [5, 5.41) is 13.7. The SMILES string of the molecule is CNC1CCCN(C(=O)c2ccc([N+](=O)[O-])cc2F)C1.Cl. The van der Waals surface area contributed by atoms with Crippen molar-refractivity contribution in [2.24, 2.45) is 0 Å². The van der Waals surface area contributed by atoms with E-state index in [2.05, 4.69) is 5.32 Å². The maximum Gasteiger partial charge on any atom is 0.272 e. The van der Waals surface area contributed by atoms with Gasteiger partial charge in [-0.25, -0.2) is 4.39 Å². The summed E-state index contributed by atoms with van der Waals surface area (Å²) in [6.45, 7) is 1.10. The number of amides is 1. The highest BCUT2D eigenvalue weighted by Crippen LogP contribution is 2.20. The molecule has 0 saturated carbocycles. The van der Waals surface area contributed by atoms with E-state index >= 15 is 0 Å². The fourth-order valence-corrected chi connectivity index (χ4v) is 2.36. The van der Waals surface area contributed by atoms with Crippen LogP contribution in [0, 0.1) is 15.9 Å². The van der Waals surface area contributed by atoms with Gasteiger partial charge in [-0.1, -0.05) is 0 Å². The summed E-state index contributed by atoms with van der Waals surface area (Å²) in [5.74, 6) is -1.27. The third-order valence-electron chi connectivity index (χ3n) is 3.51. The lowest BCUT2D eigenvalue weighted by atomic mass is 10.0. The maximum atomic E-state index is 13.8. The number of likely N-dealkylation sites (N-methyl/N-ethyl adjacent to an activating group) is 1. The molecule has 1 aromatic carbocycles. The Kier molecular flexibility index (Phi) is 6.04. The van der Waals surface area contributed by atoms with Gasteiger partial charge in [0.1, 0.15) is 5.82 Å². The summed E-state index contributed by atoms with van der Waals surface area (Å²) < 4.78 is 13.8. The Balaban J connectivity index is 0.00000220. The number of carbonyl (C=O) groups excluding carboxylic acids is 1. The van der Waals surface area contributed by atoms with E-state index in [-0.39, 0.29) is 29.7 Å². The van der Waals surface area contributed by atoms with Gasteiger partial charge in [-0.05, 0) is 26.0 Å². The second-order valence-corrected chi connectivity index (χ2v) is 4.80. The van der Waals surface area contributed by atoms with Crippen LogP contribution in [-0.4, -0.2) is 41.9 Å². The van der Waals surface area contributed by atoms with E-state index in [1.165, 1.54) is 6.07 Å². The Morgan fingerprint density at radius 2 is 2.24 bits per heavy atom. The molecule has 1 aliphatic rings. The van der Waals surface area contributed by atoms with Gasteiger partial charge < -0.3 is 10.2 Å². The fraction of sp³-hybridized carbons (Fsp3) is 0.462. The van der Waals surface area contributed by atoms with Crippen LogP contribution in [0.3, 0.4) is 0 Å². The van der Waals surface area contributed by atoms with Crippen LogP contribution < -0.4 is 5.32 Å². The zero-order valence-electron chi connectivity index (χ0n) is 11.5. The van der Waals surface area contributed by atoms with E-state index in [4.69, 9.17) is 0 Å². The number of rotatable bonds is 3. The monoisotopic (exact) mass is 317 g/mol. The molecule has 0 bridgehead atoms. The van der Waals surface area contributed by atoms with Crippen molar-refractivity contribution in [1.82, 2.24) is 10.2 Å². The molecule has 2 rings (SSSR count). The Morgan fingerprint density at radius 1 is 1.52 bits per heavy atom. The number of nitrogens with zero attached hydrogens (tertiary/aromatic N) is 2. The van der Waals surface area contributed by atoms with E-state index in [1.54, 1.807) is 4.90 Å². The number of nitrogens with one attached hydrogen (secondary N) is 1. The molecule has 1 unspecified atom stereocenters. The van der Waals surface area contributed by atoms with Crippen molar-refractivity contribution in [1.29, 1.82) is 0 Å². The zero-order chi connectivity index (χ0) is 14.7. The fourth-order valence-electron chi connectivity index (χ4n) is 2.36. The highest BCUT2D eigenvalue weighted by molar-refractivity contribution is 5.94. The van der Waals surface area contributed by atoms with Crippen molar-refractivity contribution in [3.8, 4) is 0 Å². The van der Waals surface area contributed by atoms with Gasteiger partial charge in [0, 0.05) is 25.2 Å². The first-order valence-electron chi connectivity index (χ1n) is 6.43. The number of halogens is 2. The maximum absolute atomic E-state index is 13.8. The molecule has 0 spiro atoms. The molecule has 0 radical (unpaired) electrons.